The van der Waals surface area contributed by atoms with Crippen molar-refractivity contribution in [3.05, 3.63) is 47.4 Å². The standard InChI is InChI=1S/C20H22FN5OS/c1-2-14-11-15-19(23-13-24-20(15)28-14)22-12-18(27)26-9-7-25(8-10-26)17-6-4-3-5-16(17)21/h3-6,11,13H,2,7-10,12H2,1H3,(H,22,23,24). The van der Waals surface area contributed by atoms with E-state index in [0.29, 0.717) is 37.7 Å². The molecule has 0 spiro atoms. The van der Waals surface area contributed by atoms with Gasteiger partial charge in [-0.15, -0.1) is 11.3 Å². The lowest BCUT2D eigenvalue weighted by Crippen LogP contribution is -2.50. The molecule has 0 radical (unpaired) electrons. The SMILES string of the molecule is CCc1cc2c(NCC(=O)N3CCN(c4ccccc4F)CC3)ncnc2s1. The molecule has 0 aliphatic carbocycles. The number of nitrogens with one attached hydrogen (secondary N) is 1. The van der Waals surface area contributed by atoms with Crippen molar-refractivity contribution in [2.45, 2.75) is 13.3 Å². The van der Waals surface area contributed by atoms with E-state index in [4.69, 9.17) is 0 Å². The Bertz CT molecular complexity index is 984. The van der Waals surface area contributed by atoms with E-state index in [-0.39, 0.29) is 18.3 Å². The quantitative estimate of drug-likeness (QED) is 0.714. The molecule has 1 fully saturated rings. The van der Waals surface area contributed by atoms with Gasteiger partial charge in [-0.1, -0.05) is 19.1 Å². The molecule has 1 aromatic carbocycles. The number of benzene rings is 1. The van der Waals surface area contributed by atoms with Crippen molar-refractivity contribution in [1.29, 1.82) is 0 Å². The monoisotopic (exact) mass is 399 g/mol. The summed E-state index contributed by atoms with van der Waals surface area (Å²) in [5.74, 6) is 0.490. The third-order valence-electron chi connectivity index (χ3n) is 4.96. The number of fused-ring (bicyclic) bond motifs is 1. The number of carbonyl (C=O) groups is 1. The molecular weight excluding hydrogens is 377 g/mol. The second kappa shape index (κ2) is 8.10. The van der Waals surface area contributed by atoms with E-state index in [0.717, 1.165) is 16.6 Å². The van der Waals surface area contributed by atoms with E-state index in [1.165, 1.54) is 17.3 Å². The van der Waals surface area contributed by atoms with Crippen LogP contribution >= 0.6 is 11.3 Å². The molecule has 1 saturated heterocycles. The number of aromatic nitrogens is 2. The van der Waals surface area contributed by atoms with Crippen molar-refractivity contribution in [3.63, 3.8) is 0 Å². The van der Waals surface area contributed by atoms with Gasteiger partial charge in [0.25, 0.3) is 0 Å². The van der Waals surface area contributed by atoms with Gasteiger partial charge in [-0.2, -0.15) is 0 Å². The van der Waals surface area contributed by atoms with Gasteiger partial charge in [0.1, 0.15) is 22.8 Å². The van der Waals surface area contributed by atoms with Crippen LogP contribution < -0.4 is 10.2 Å². The molecule has 1 N–H and O–H groups in total. The molecule has 6 nitrogen and oxygen atoms in total. The summed E-state index contributed by atoms with van der Waals surface area (Å²) in [6.45, 7) is 4.68. The van der Waals surface area contributed by atoms with E-state index < -0.39 is 0 Å². The van der Waals surface area contributed by atoms with Crippen LogP contribution in [0, 0.1) is 5.82 Å². The van der Waals surface area contributed by atoms with Gasteiger partial charge in [0.15, 0.2) is 0 Å². The molecule has 1 amide bonds. The highest BCUT2D eigenvalue weighted by atomic mass is 32.1. The zero-order chi connectivity index (χ0) is 19.5. The van der Waals surface area contributed by atoms with Crippen molar-refractivity contribution in [2.24, 2.45) is 0 Å². The smallest absolute Gasteiger partial charge is 0.242 e. The van der Waals surface area contributed by atoms with Crippen LogP contribution in [-0.4, -0.2) is 53.5 Å². The number of para-hydroxylation sites is 1. The Kier molecular flexibility index (Phi) is 5.38. The van der Waals surface area contributed by atoms with Crippen LogP contribution in [0.15, 0.2) is 36.7 Å². The predicted octanol–water partition coefficient (Wildman–Crippen LogP) is 3.15. The van der Waals surface area contributed by atoms with Crippen molar-refractivity contribution in [3.8, 4) is 0 Å². The lowest BCUT2D eigenvalue weighted by atomic mass is 10.2. The summed E-state index contributed by atoms with van der Waals surface area (Å²) in [5, 5.41) is 4.12. The molecule has 1 aliphatic rings. The molecule has 0 unspecified atom stereocenters. The van der Waals surface area contributed by atoms with Crippen LogP contribution in [0.2, 0.25) is 0 Å². The van der Waals surface area contributed by atoms with Crippen LogP contribution in [0.4, 0.5) is 15.9 Å². The molecule has 0 saturated carbocycles. The molecule has 0 atom stereocenters. The van der Waals surface area contributed by atoms with Crippen LogP contribution in [0.1, 0.15) is 11.8 Å². The maximum absolute atomic E-state index is 13.9. The Balaban J connectivity index is 1.35. The first kappa shape index (κ1) is 18.6. The summed E-state index contributed by atoms with van der Waals surface area (Å²) >= 11 is 1.65. The van der Waals surface area contributed by atoms with Crippen LogP contribution in [-0.2, 0) is 11.2 Å². The third kappa shape index (κ3) is 3.77. The third-order valence-corrected chi connectivity index (χ3v) is 6.15. The number of anilines is 2. The zero-order valence-electron chi connectivity index (χ0n) is 15.7. The van der Waals surface area contributed by atoms with E-state index >= 15 is 0 Å². The number of hydrogen-bond acceptors (Lipinski definition) is 6. The lowest BCUT2D eigenvalue weighted by Gasteiger charge is -2.36. The van der Waals surface area contributed by atoms with E-state index in [1.807, 2.05) is 15.9 Å². The number of nitrogens with zero attached hydrogens (tertiary/aromatic N) is 4. The first-order valence-corrected chi connectivity index (χ1v) is 10.2. The highest BCUT2D eigenvalue weighted by Crippen LogP contribution is 2.28. The van der Waals surface area contributed by atoms with Gasteiger partial charge in [0.2, 0.25) is 5.91 Å². The molecule has 4 rings (SSSR count). The number of amides is 1. The fourth-order valence-electron chi connectivity index (χ4n) is 3.40. The number of hydrogen-bond donors (Lipinski definition) is 1. The van der Waals surface area contributed by atoms with Gasteiger partial charge in [0, 0.05) is 31.1 Å². The summed E-state index contributed by atoms with van der Waals surface area (Å²) in [5.41, 5.74) is 0.597. The van der Waals surface area contributed by atoms with Crippen LogP contribution in [0.25, 0.3) is 10.2 Å². The Morgan fingerprint density at radius 3 is 2.75 bits per heavy atom. The Hall–Kier alpha value is -2.74. The number of rotatable bonds is 5. The second-order valence-corrected chi connectivity index (χ2v) is 7.80. The van der Waals surface area contributed by atoms with E-state index in [9.17, 15) is 9.18 Å². The summed E-state index contributed by atoms with van der Waals surface area (Å²) in [6.07, 6.45) is 2.48. The molecule has 8 heteroatoms. The number of halogens is 1. The average Bonchev–Trinajstić information content (AvgIpc) is 3.16. The Morgan fingerprint density at radius 2 is 2.00 bits per heavy atom. The topological polar surface area (TPSA) is 61.4 Å². The normalized spacial score (nSPS) is 14.5. The van der Waals surface area contributed by atoms with Gasteiger partial charge in [0.05, 0.1) is 17.6 Å². The number of carbonyl (C=O) groups excluding carboxylic acids is 1. The van der Waals surface area contributed by atoms with Crippen LogP contribution in [0.3, 0.4) is 0 Å². The van der Waals surface area contributed by atoms with Gasteiger partial charge < -0.3 is 15.1 Å². The molecule has 3 heterocycles. The molecule has 28 heavy (non-hydrogen) atoms. The summed E-state index contributed by atoms with van der Waals surface area (Å²) in [4.78, 5) is 27.2. The molecule has 0 bridgehead atoms. The highest BCUT2D eigenvalue weighted by Gasteiger charge is 2.22. The van der Waals surface area contributed by atoms with Gasteiger partial charge >= 0.3 is 0 Å². The Labute approximate surface area is 167 Å². The number of aryl methyl sites for hydroxylation is 1. The lowest BCUT2D eigenvalue weighted by molar-refractivity contribution is -0.129. The maximum atomic E-state index is 13.9. The highest BCUT2D eigenvalue weighted by molar-refractivity contribution is 7.18. The van der Waals surface area contributed by atoms with Crippen LogP contribution in [0.5, 0.6) is 0 Å². The second-order valence-electron chi connectivity index (χ2n) is 6.68. The predicted molar refractivity (Wildman–Crippen MR) is 110 cm³/mol. The van der Waals surface area contributed by atoms with E-state index in [2.05, 4.69) is 28.3 Å². The van der Waals surface area contributed by atoms with E-state index in [1.54, 1.807) is 23.5 Å². The first-order valence-electron chi connectivity index (χ1n) is 9.40. The largest absolute Gasteiger partial charge is 0.366 e. The fraction of sp³-hybridized carbons (Fsp3) is 0.350. The minimum atomic E-state index is -0.223. The minimum Gasteiger partial charge on any atom is -0.366 e. The molecule has 2 aromatic heterocycles. The van der Waals surface area contributed by atoms with Crippen molar-refractivity contribution in [2.75, 3.05) is 42.9 Å². The van der Waals surface area contributed by atoms with Crippen molar-refractivity contribution < 1.29 is 9.18 Å². The summed E-state index contributed by atoms with van der Waals surface area (Å²) in [7, 11) is 0. The minimum absolute atomic E-state index is 0.0193. The van der Waals surface area contributed by atoms with Gasteiger partial charge in [-0.3, -0.25) is 4.79 Å². The Morgan fingerprint density at radius 1 is 1.21 bits per heavy atom. The number of thiophene rings is 1. The number of piperazine rings is 1. The average molecular weight is 399 g/mol. The summed E-state index contributed by atoms with van der Waals surface area (Å²) < 4.78 is 13.9. The molecule has 3 aromatic rings. The molecule has 1 aliphatic heterocycles. The molecular formula is C20H22FN5OS. The first-order chi connectivity index (χ1) is 13.7. The maximum Gasteiger partial charge on any atom is 0.242 e. The van der Waals surface area contributed by atoms with Crippen molar-refractivity contribution >= 4 is 39.0 Å². The van der Waals surface area contributed by atoms with Crippen molar-refractivity contribution in [1.82, 2.24) is 14.9 Å². The fourth-order valence-corrected chi connectivity index (χ4v) is 4.33. The summed E-state index contributed by atoms with van der Waals surface area (Å²) in [6, 6.07) is 8.84. The molecule has 146 valence electrons. The zero-order valence-corrected chi connectivity index (χ0v) is 16.5. The van der Waals surface area contributed by atoms with Gasteiger partial charge in [-0.25, -0.2) is 14.4 Å². The van der Waals surface area contributed by atoms with Gasteiger partial charge in [-0.05, 0) is 24.6 Å².